The van der Waals surface area contributed by atoms with Gasteiger partial charge in [-0.25, -0.2) is 4.98 Å². The van der Waals surface area contributed by atoms with E-state index in [0.29, 0.717) is 0 Å². The molecule has 2 heterocycles. The number of hydrogen-bond donors (Lipinski definition) is 1. The third-order valence-corrected chi connectivity index (χ3v) is 4.42. The van der Waals surface area contributed by atoms with Gasteiger partial charge in [0.15, 0.2) is 0 Å². The molecule has 0 aliphatic heterocycles. The monoisotopic (exact) mass is 291 g/mol. The number of rotatable bonds is 5. The van der Waals surface area contributed by atoms with Gasteiger partial charge in [-0.1, -0.05) is 6.92 Å². The third kappa shape index (κ3) is 3.93. The number of thiophene rings is 1. The van der Waals surface area contributed by atoms with Crippen molar-refractivity contribution in [3.05, 3.63) is 39.6 Å². The maximum Gasteiger partial charge on any atom is 0.108 e. The van der Waals surface area contributed by atoms with Gasteiger partial charge < -0.3 is 9.88 Å². The molecular weight excluding hydrogens is 266 g/mol. The van der Waals surface area contributed by atoms with Gasteiger partial charge in [0.1, 0.15) is 5.82 Å². The first-order valence-electron chi connectivity index (χ1n) is 7.22. The van der Waals surface area contributed by atoms with Crippen LogP contribution in [0, 0.1) is 6.92 Å². The van der Waals surface area contributed by atoms with Crippen LogP contribution in [0.3, 0.4) is 0 Å². The first kappa shape index (κ1) is 15.3. The minimum Gasteiger partial charge on any atom is -0.330 e. The van der Waals surface area contributed by atoms with E-state index < -0.39 is 0 Å². The van der Waals surface area contributed by atoms with Gasteiger partial charge in [0.05, 0.1) is 0 Å². The Kier molecular flexibility index (Phi) is 4.66. The van der Waals surface area contributed by atoms with Gasteiger partial charge in [0.2, 0.25) is 0 Å². The molecule has 0 aromatic carbocycles. The second kappa shape index (κ2) is 6.10. The SMILES string of the molecule is CCc1nccn1Cc1cc(CNC(C)(C)C)sc1C. The number of nitrogens with zero attached hydrogens (tertiary/aromatic N) is 2. The van der Waals surface area contributed by atoms with E-state index in [0.717, 1.165) is 25.3 Å². The Morgan fingerprint density at radius 2 is 2.10 bits per heavy atom. The van der Waals surface area contributed by atoms with Crippen molar-refractivity contribution in [1.82, 2.24) is 14.9 Å². The van der Waals surface area contributed by atoms with Gasteiger partial charge in [-0.3, -0.25) is 0 Å². The molecule has 0 spiro atoms. The highest BCUT2D eigenvalue weighted by atomic mass is 32.1. The zero-order valence-corrected chi connectivity index (χ0v) is 14.0. The molecule has 0 amide bonds. The van der Waals surface area contributed by atoms with Crippen LogP contribution in [0.2, 0.25) is 0 Å². The number of nitrogens with one attached hydrogen (secondary N) is 1. The van der Waals surface area contributed by atoms with Gasteiger partial charge >= 0.3 is 0 Å². The summed E-state index contributed by atoms with van der Waals surface area (Å²) >= 11 is 1.89. The van der Waals surface area contributed by atoms with Crippen LogP contribution in [0.15, 0.2) is 18.5 Å². The molecule has 3 nitrogen and oxygen atoms in total. The van der Waals surface area contributed by atoms with Gasteiger partial charge in [-0.2, -0.15) is 0 Å². The summed E-state index contributed by atoms with van der Waals surface area (Å²) in [7, 11) is 0. The second-order valence-electron chi connectivity index (χ2n) is 6.22. The van der Waals surface area contributed by atoms with Crippen molar-refractivity contribution in [2.75, 3.05) is 0 Å². The first-order chi connectivity index (χ1) is 9.39. The van der Waals surface area contributed by atoms with E-state index in [1.54, 1.807) is 0 Å². The van der Waals surface area contributed by atoms with E-state index in [1.807, 2.05) is 17.5 Å². The topological polar surface area (TPSA) is 29.9 Å². The zero-order valence-electron chi connectivity index (χ0n) is 13.2. The predicted molar refractivity (Wildman–Crippen MR) is 86.4 cm³/mol. The molecule has 0 bridgehead atoms. The average Bonchev–Trinajstić information content (AvgIpc) is 2.94. The fourth-order valence-corrected chi connectivity index (χ4v) is 3.16. The van der Waals surface area contributed by atoms with Gasteiger partial charge in [-0.15, -0.1) is 11.3 Å². The van der Waals surface area contributed by atoms with Crippen LogP contribution in [0.4, 0.5) is 0 Å². The highest BCUT2D eigenvalue weighted by Crippen LogP contribution is 2.23. The summed E-state index contributed by atoms with van der Waals surface area (Å²) in [4.78, 5) is 7.21. The van der Waals surface area contributed by atoms with Gasteiger partial charge in [-0.05, 0) is 39.3 Å². The minimum atomic E-state index is 0.164. The van der Waals surface area contributed by atoms with Crippen LogP contribution >= 0.6 is 11.3 Å². The van der Waals surface area contributed by atoms with Crippen molar-refractivity contribution in [2.45, 2.75) is 59.7 Å². The highest BCUT2D eigenvalue weighted by Gasteiger charge is 2.12. The molecule has 2 aromatic rings. The summed E-state index contributed by atoms with van der Waals surface area (Å²) in [5, 5.41) is 3.55. The number of aromatic nitrogens is 2. The molecular formula is C16H25N3S. The fourth-order valence-electron chi connectivity index (χ4n) is 2.17. The molecule has 0 aliphatic carbocycles. The number of imidazole rings is 1. The minimum absolute atomic E-state index is 0.164. The largest absolute Gasteiger partial charge is 0.330 e. The highest BCUT2D eigenvalue weighted by molar-refractivity contribution is 7.12. The van der Waals surface area contributed by atoms with Crippen LogP contribution in [0.5, 0.6) is 0 Å². The van der Waals surface area contributed by atoms with Crippen molar-refractivity contribution >= 4 is 11.3 Å². The Bertz CT molecular complexity index is 561. The average molecular weight is 291 g/mol. The van der Waals surface area contributed by atoms with E-state index in [4.69, 9.17) is 0 Å². The second-order valence-corrected chi connectivity index (χ2v) is 7.56. The van der Waals surface area contributed by atoms with Crippen molar-refractivity contribution in [2.24, 2.45) is 0 Å². The molecule has 2 rings (SSSR count). The number of aryl methyl sites for hydroxylation is 2. The Hall–Kier alpha value is -1.13. The van der Waals surface area contributed by atoms with Crippen LogP contribution in [-0.4, -0.2) is 15.1 Å². The number of hydrogen-bond acceptors (Lipinski definition) is 3. The van der Waals surface area contributed by atoms with Crippen LogP contribution < -0.4 is 5.32 Å². The summed E-state index contributed by atoms with van der Waals surface area (Å²) in [5.41, 5.74) is 1.58. The molecule has 0 radical (unpaired) electrons. The van der Waals surface area contributed by atoms with Crippen LogP contribution in [0.25, 0.3) is 0 Å². The Labute approximate surface area is 126 Å². The Morgan fingerprint density at radius 3 is 2.75 bits per heavy atom. The first-order valence-corrected chi connectivity index (χ1v) is 8.04. The van der Waals surface area contributed by atoms with E-state index in [-0.39, 0.29) is 5.54 Å². The summed E-state index contributed by atoms with van der Waals surface area (Å²) in [5.74, 6) is 1.16. The van der Waals surface area contributed by atoms with Crippen molar-refractivity contribution in [3.8, 4) is 0 Å². The molecule has 20 heavy (non-hydrogen) atoms. The van der Waals surface area contributed by atoms with E-state index in [1.165, 1.54) is 15.3 Å². The zero-order chi connectivity index (χ0) is 14.8. The van der Waals surface area contributed by atoms with E-state index >= 15 is 0 Å². The smallest absolute Gasteiger partial charge is 0.108 e. The standard InChI is InChI=1S/C16H25N3S/c1-6-15-17-7-8-19(15)11-13-9-14(20-12(13)2)10-18-16(3,4)5/h7-9,18H,6,10-11H2,1-5H3. The normalized spacial score (nSPS) is 12.1. The summed E-state index contributed by atoms with van der Waals surface area (Å²) in [6.07, 6.45) is 4.94. The molecule has 0 saturated carbocycles. The molecule has 4 heteroatoms. The quantitative estimate of drug-likeness (QED) is 0.909. The van der Waals surface area contributed by atoms with Crippen molar-refractivity contribution in [1.29, 1.82) is 0 Å². The summed E-state index contributed by atoms with van der Waals surface area (Å²) in [6.45, 7) is 12.8. The molecule has 0 atom stereocenters. The maximum atomic E-state index is 4.39. The summed E-state index contributed by atoms with van der Waals surface area (Å²) < 4.78 is 2.25. The fraction of sp³-hybridized carbons (Fsp3) is 0.562. The lowest BCUT2D eigenvalue weighted by Gasteiger charge is -2.19. The molecule has 110 valence electrons. The third-order valence-electron chi connectivity index (χ3n) is 3.32. The van der Waals surface area contributed by atoms with Crippen molar-refractivity contribution < 1.29 is 0 Å². The lowest BCUT2D eigenvalue weighted by Crippen LogP contribution is -2.34. The Morgan fingerprint density at radius 1 is 1.35 bits per heavy atom. The van der Waals surface area contributed by atoms with Crippen LogP contribution in [-0.2, 0) is 19.5 Å². The molecule has 0 saturated heterocycles. The molecule has 1 N–H and O–H groups in total. The molecule has 0 unspecified atom stereocenters. The maximum absolute atomic E-state index is 4.39. The van der Waals surface area contributed by atoms with Crippen LogP contribution in [0.1, 0.15) is 48.8 Å². The van der Waals surface area contributed by atoms with E-state index in [9.17, 15) is 0 Å². The van der Waals surface area contributed by atoms with Crippen molar-refractivity contribution in [3.63, 3.8) is 0 Å². The summed E-state index contributed by atoms with van der Waals surface area (Å²) in [6, 6.07) is 2.33. The predicted octanol–water partition coefficient (Wildman–Crippen LogP) is 3.75. The van der Waals surface area contributed by atoms with Gasteiger partial charge in [0.25, 0.3) is 0 Å². The Balaban J connectivity index is 2.08. The van der Waals surface area contributed by atoms with E-state index in [2.05, 4.69) is 61.7 Å². The van der Waals surface area contributed by atoms with Gasteiger partial charge in [0, 0.05) is 47.2 Å². The lowest BCUT2D eigenvalue weighted by molar-refractivity contribution is 0.426. The lowest BCUT2D eigenvalue weighted by atomic mass is 10.1. The molecule has 0 aliphatic rings. The molecule has 2 aromatic heterocycles. The molecule has 0 fully saturated rings.